The third kappa shape index (κ3) is 4.45. The van der Waals surface area contributed by atoms with Gasteiger partial charge in [-0.15, -0.1) is 0 Å². The monoisotopic (exact) mass is 289 g/mol. The Morgan fingerprint density at radius 3 is 2.43 bits per heavy atom. The first-order valence-electron chi connectivity index (χ1n) is 6.94. The number of benzene rings is 1. The summed E-state index contributed by atoms with van der Waals surface area (Å²) in [6.45, 7) is 5.85. The van der Waals surface area contributed by atoms with Gasteiger partial charge in [0, 0.05) is 44.0 Å². The normalized spacial score (nSPS) is 17.0. The number of rotatable bonds is 3. The summed E-state index contributed by atoms with van der Waals surface area (Å²) >= 11 is 0. The maximum absolute atomic E-state index is 10.6. The molecular weight excluding hydrogens is 270 g/mol. The predicted octanol–water partition coefficient (Wildman–Crippen LogP) is 1.10. The molecule has 112 valence electrons. The first-order chi connectivity index (χ1) is 10.1. The van der Waals surface area contributed by atoms with E-state index in [1.54, 1.807) is 19.1 Å². The molecule has 0 radical (unpaired) electrons. The Labute approximate surface area is 124 Å². The lowest BCUT2D eigenvalue weighted by molar-refractivity contribution is -0.384. The molecule has 6 heteroatoms. The van der Waals surface area contributed by atoms with Crippen LogP contribution in [0.15, 0.2) is 24.3 Å². The zero-order valence-electron chi connectivity index (χ0n) is 12.0. The lowest BCUT2D eigenvalue weighted by atomic mass is 10.2. The van der Waals surface area contributed by atoms with Crippen molar-refractivity contribution in [3.05, 3.63) is 34.4 Å². The Balaban J connectivity index is 1.86. The van der Waals surface area contributed by atoms with Crippen LogP contribution < -0.4 is 4.90 Å². The number of non-ortho nitro benzene ring substituents is 1. The van der Waals surface area contributed by atoms with E-state index in [4.69, 9.17) is 5.11 Å². The van der Waals surface area contributed by atoms with Gasteiger partial charge in [0.05, 0.1) is 11.5 Å². The Kier molecular flexibility index (Phi) is 5.14. The number of anilines is 1. The summed E-state index contributed by atoms with van der Waals surface area (Å²) in [6.07, 6.45) is -0.577. The van der Waals surface area contributed by atoms with E-state index >= 15 is 0 Å². The SMILES string of the molecule is C[C@H](O)C#CCN1CCN(c2ccc([N+](=O)[O-])cc2)CC1. The molecule has 1 saturated heterocycles. The van der Waals surface area contributed by atoms with Crippen molar-refractivity contribution in [3.8, 4) is 11.8 Å². The van der Waals surface area contributed by atoms with Crippen LogP contribution in [0.5, 0.6) is 0 Å². The lowest BCUT2D eigenvalue weighted by Crippen LogP contribution is -2.46. The number of nitrogens with zero attached hydrogens (tertiary/aromatic N) is 3. The van der Waals surface area contributed by atoms with Gasteiger partial charge in [-0.1, -0.05) is 11.8 Å². The number of nitro benzene ring substituents is 1. The second kappa shape index (κ2) is 7.07. The minimum Gasteiger partial charge on any atom is -0.381 e. The van der Waals surface area contributed by atoms with Crippen molar-refractivity contribution in [3.63, 3.8) is 0 Å². The van der Waals surface area contributed by atoms with Crippen LogP contribution in [0.4, 0.5) is 11.4 Å². The molecule has 1 atom stereocenters. The van der Waals surface area contributed by atoms with Crippen molar-refractivity contribution in [2.45, 2.75) is 13.0 Å². The van der Waals surface area contributed by atoms with E-state index < -0.39 is 6.10 Å². The highest BCUT2D eigenvalue weighted by molar-refractivity contribution is 5.51. The molecule has 21 heavy (non-hydrogen) atoms. The van der Waals surface area contributed by atoms with Gasteiger partial charge in [0.1, 0.15) is 6.10 Å². The molecule has 1 fully saturated rings. The Morgan fingerprint density at radius 1 is 1.29 bits per heavy atom. The van der Waals surface area contributed by atoms with Crippen LogP contribution >= 0.6 is 0 Å². The molecule has 1 aliphatic heterocycles. The highest BCUT2D eigenvalue weighted by atomic mass is 16.6. The van der Waals surface area contributed by atoms with Gasteiger partial charge in [-0.2, -0.15) is 0 Å². The number of piperazine rings is 1. The third-order valence-electron chi connectivity index (χ3n) is 3.41. The fraction of sp³-hybridized carbons (Fsp3) is 0.467. The van der Waals surface area contributed by atoms with Crippen molar-refractivity contribution in [1.29, 1.82) is 0 Å². The molecule has 1 N–H and O–H groups in total. The minimum absolute atomic E-state index is 0.116. The molecule has 0 bridgehead atoms. The molecule has 1 aliphatic rings. The summed E-state index contributed by atoms with van der Waals surface area (Å²) in [6, 6.07) is 6.66. The third-order valence-corrected chi connectivity index (χ3v) is 3.41. The van der Waals surface area contributed by atoms with Crippen LogP contribution in [0.1, 0.15) is 6.92 Å². The van der Waals surface area contributed by atoms with Crippen LogP contribution in [0.3, 0.4) is 0 Å². The molecule has 6 nitrogen and oxygen atoms in total. The highest BCUT2D eigenvalue weighted by Crippen LogP contribution is 2.20. The number of hydrogen-bond donors (Lipinski definition) is 1. The van der Waals surface area contributed by atoms with E-state index in [1.807, 2.05) is 0 Å². The van der Waals surface area contributed by atoms with Crippen molar-refractivity contribution in [1.82, 2.24) is 4.90 Å². The summed E-state index contributed by atoms with van der Waals surface area (Å²) in [5.41, 5.74) is 1.13. The van der Waals surface area contributed by atoms with Gasteiger partial charge >= 0.3 is 0 Å². The summed E-state index contributed by atoms with van der Waals surface area (Å²) in [7, 11) is 0. The van der Waals surface area contributed by atoms with Gasteiger partial charge in [0.25, 0.3) is 5.69 Å². The topological polar surface area (TPSA) is 69.8 Å². The van der Waals surface area contributed by atoms with Crippen molar-refractivity contribution < 1.29 is 10.0 Å². The number of aliphatic hydroxyl groups is 1. The van der Waals surface area contributed by atoms with Crippen LogP contribution in [0.25, 0.3) is 0 Å². The molecular formula is C15H19N3O3. The smallest absolute Gasteiger partial charge is 0.269 e. The molecule has 1 heterocycles. The van der Waals surface area contributed by atoms with Crippen LogP contribution in [-0.2, 0) is 0 Å². The maximum atomic E-state index is 10.6. The molecule has 2 rings (SSSR count). The maximum Gasteiger partial charge on any atom is 0.269 e. The first kappa shape index (κ1) is 15.3. The number of hydrogen-bond acceptors (Lipinski definition) is 5. The largest absolute Gasteiger partial charge is 0.381 e. The van der Waals surface area contributed by atoms with Crippen LogP contribution in [0.2, 0.25) is 0 Å². The molecule has 1 aromatic rings. The van der Waals surface area contributed by atoms with E-state index in [1.165, 1.54) is 12.1 Å². The Hall–Kier alpha value is -2.10. The van der Waals surface area contributed by atoms with Crippen LogP contribution in [0, 0.1) is 22.0 Å². The highest BCUT2D eigenvalue weighted by Gasteiger charge is 2.17. The van der Waals surface area contributed by atoms with Crippen LogP contribution in [-0.4, -0.2) is 53.8 Å². The zero-order valence-corrected chi connectivity index (χ0v) is 12.0. The number of aliphatic hydroxyl groups excluding tert-OH is 1. The first-order valence-corrected chi connectivity index (χ1v) is 6.94. The van der Waals surface area contributed by atoms with E-state index in [-0.39, 0.29) is 10.6 Å². The number of nitro groups is 1. The zero-order chi connectivity index (χ0) is 15.2. The summed E-state index contributed by atoms with van der Waals surface area (Å²) < 4.78 is 0. The van der Waals surface area contributed by atoms with Gasteiger partial charge < -0.3 is 10.0 Å². The predicted molar refractivity (Wildman–Crippen MR) is 81.2 cm³/mol. The average molecular weight is 289 g/mol. The molecule has 0 saturated carbocycles. The minimum atomic E-state index is -0.577. The fourth-order valence-corrected chi connectivity index (χ4v) is 2.25. The summed E-state index contributed by atoms with van der Waals surface area (Å²) in [5, 5.41) is 19.7. The van der Waals surface area contributed by atoms with Gasteiger partial charge in [0.15, 0.2) is 0 Å². The molecule has 0 amide bonds. The molecule has 1 aromatic carbocycles. The Bertz CT molecular complexity index is 538. The second-order valence-corrected chi connectivity index (χ2v) is 5.03. The van der Waals surface area contributed by atoms with Gasteiger partial charge in [-0.25, -0.2) is 0 Å². The lowest BCUT2D eigenvalue weighted by Gasteiger charge is -2.35. The van der Waals surface area contributed by atoms with E-state index in [0.29, 0.717) is 6.54 Å². The van der Waals surface area contributed by atoms with E-state index in [0.717, 1.165) is 31.9 Å². The quantitative estimate of drug-likeness (QED) is 0.512. The standard InChI is InChI=1S/C15H19N3O3/c1-13(19)3-2-8-16-9-11-17(12-10-16)14-4-6-15(7-5-14)18(20)21/h4-7,13,19H,8-12H2,1H3/t13-/m0/s1. The molecule has 0 aromatic heterocycles. The average Bonchev–Trinajstić information content (AvgIpc) is 2.48. The van der Waals surface area contributed by atoms with Gasteiger partial charge in [-0.3, -0.25) is 15.0 Å². The molecule has 0 unspecified atom stereocenters. The second-order valence-electron chi connectivity index (χ2n) is 5.03. The van der Waals surface area contributed by atoms with Crippen molar-refractivity contribution >= 4 is 11.4 Å². The summed E-state index contributed by atoms with van der Waals surface area (Å²) in [4.78, 5) is 14.7. The van der Waals surface area contributed by atoms with Crippen molar-refractivity contribution in [2.75, 3.05) is 37.6 Å². The van der Waals surface area contributed by atoms with Gasteiger partial charge in [-0.05, 0) is 19.1 Å². The molecule has 0 spiro atoms. The van der Waals surface area contributed by atoms with E-state index in [9.17, 15) is 10.1 Å². The fourth-order valence-electron chi connectivity index (χ4n) is 2.25. The summed E-state index contributed by atoms with van der Waals surface area (Å²) in [5.74, 6) is 5.70. The molecule has 0 aliphatic carbocycles. The van der Waals surface area contributed by atoms with Crippen molar-refractivity contribution in [2.24, 2.45) is 0 Å². The van der Waals surface area contributed by atoms with E-state index in [2.05, 4.69) is 21.6 Å². The Morgan fingerprint density at radius 2 is 1.90 bits per heavy atom. The van der Waals surface area contributed by atoms with Gasteiger partial charge in [0.2, 0.25) is 0 Å².